The molecule has 0 aromatic carbocycles. The maximum absolute atomic E-state index is 6.19. The second-order valence-corrected chi connectivity index (χ2v) is 5.27. The van der Waals surface area contributed by atoms with Crippen LogP contribution < -0.4 is 10.6 Å². The van der Waals surface area contributed by atoms with Gasteiger partial charge in [0.2, 0.25) is 0 Å². The number of hydrogen-bond acceptors (Lipinski definition) is 5. The van der Waals surface area contributed by atoms with E-state index in [1.165, 1.54) is 0 Å². The average Bonchev–Trinajstić information content (AvgIpc) is 2.96. The fraction of sp³-hybridized carbons (Fsp3) is 0.769. The quantitative estimate of drug-likeness (QED) is 0.869. The van der Waals surface area contributed by atoms with Gasteiger partial charge in [0.1, 0.15) is 0 Å². The van der Waals surface area contributed by atoms with E-state index in [1.54, 1.807) is 0 Å². The van der Waals surface area contributed by atoms with E-state index in [9.17, 15) is 0 Å². The van der Waals surface area contributed by atoms with Gasteiger partial charge >= 0.3 is 0 Å². The molecule has 1 spiro atoms. The number of aromatic nitrogens is 2. The molecule has 1 aromatic heterocycles. The van der Waals surface area contributed by atoms with Crippen molar-refractivity contribution in [1.29, 1.82) is 0 Å². The lowest BCUT2D eigenvalue weighted by Gasteiger charge is -2.39. The lowest BCUT2D eigenvalue weighted by atomic mass is 10.0. The fourth-order valence-corrected chi connectivity index (χ4v) is 3.04. The third-order valence-electron chi connectivity index (χ3n) is 3.98. The molecule has 1 aromatic rings. The molecule has 3 rings (SSSR count). The largest absolute Gasteiger partial charge is 0.394 e. The van der Waals surface area contributed by atoms with E-state index < -0.39 is 5.79 Å². The highest BCUT2D eigenvalue weighted by Gasteiger charge is 2.42. The van der Waals surface area contributed by atoms with Crippen LogP contribution in [-0.2, 0) is 16.0 Å². The van der Waals surface area contributed by atoms with Crippen LogP contribution in [0.15, 0.2) is 0 Å². The third kappa shape index (κ3) is 2.08. The molecule has 2 saturated heterocycles. The van der Waals surface area contributed by atoms with Gasteiger partial charge in [0.05, 0.1) is 31.1 Å². The number of piperidine rings is 1. The highest BCUT2D eigenvalue weighted by Crippen LogP contribution is 2.35. The van der Waals surface area contributed by atoms with Gasteiger partial charge in [-0.05, 0) is 20.3 Å². The van der Waals surface area contributed by atoms with E-state index in [-0.39, 0.29) is 0 Å². The number of ether oxygens (including phenoxy) is 2. The van der Waals surface area contributed by atoms with Gasteiger partial charge in [-0.1, -0.05) is 0 Å². The summed E-state index contributed by atoms with van der Waals surface area (Å²) in [5.74, 6) is 0.583. The van der Waals surface area contributed by atoms with E-state index >= 15 is 0 Å². The average molecular weight is 266 g/mol. The van der Waals surface area contributed by atoms with Crippen LogP contribution in [0.3, 0.4) is 0 Å². The highest BCUT2D eigenvalue weighted by molar-refractivity contribution is 5.66. The molecule has 2 fully saturated rings. The third-order valence-corrected chi connectivity index (χ3v) is 3.98. The zero-order valence-corrected chi connectivity index (χ0v) is 11.7. The zero-order valence-electron chi connectivity index (χ0n) is 11.7. The number of aryl methyl sites for hydroxylation is 2. The first-order valence-electron chi connectivity index (χ1n) is 7.01. The van der Waals surface area contributed by atoms with Gasteiger partial charge < -0.3 is 20.1 Å². The molecule has 0 atom stereocenters. The second kappa shape index (κ2) is 4.68. The van der Waals surface area contributed by atoms with Gasteiger partial charge in [-0.2, -0.15) is 5.10 Å². The monoisotopic (exact) mass is 266 g/mol. The summed E-state index contributed by atoms with van der Waals surface area (Å²) in [6.07, 6.45) is 2.01. The van der Waals surface area contributed by atoms with Crippen LogP contribution in [0, 0.1) is 6.92 Å². The summed E-state index contributed by atoms with van der Waals surface area (Å²) in [5, 5.41) is 4.49. The van der Waals surface area contributed by atoms with Crippen molar-refractivity contribution < 1.29 is 9.47 Å². The van der Waals surface area contributed by atoms with Crippen molar-refractivity contribution in [3.8, 4) is 0 Å². The maximum atomic E-state index is 6.19. The Balaban J connectivity index is 1.89. The minimum atomic E-state index is -0.429. The van der Waals surface area contributed by atoms with Gasteiger partial charge in [0.15, 0.2) is 11.6 Å². The maximum Gasteiger partial charge on any atom is 0.186 e. The molecule has 2 N–H and O–H groups in total. The molecule has 0 bridgehead atoms. The molecule has 2 aliphatic heterocycles. The van der Waals surface area contributed by atoms with Crippen LogP contribution in [0.1, 0.15) is 25.5 Å². The van der Waals surface area contributed by atoms with Crippen molar-refractivity contribution in [2.45, 2.75) is 39.0 Å². The van der Waals surface area contributed by atoms with Crippen molar-refractivity contribution in [3.05, 3.63) is 5.69 Å². The van der Waals surface area contributed by atoms with Gasteiger partial charge in [-0.3, -0.25) is 0 Å². The molecule has 106 valence electrons. The molecular weight excluding hydrogens is 244 g/mol. The topological polar surface area (TPSA) is 65.5 Å². The Labute approximate surface area is 113 Å². The number of nitrogen functional groups attached to an aromatic ring is 1. The molecule has 6 heteroatoms. The fourth-order valence-electron chi connectivity index (χ4n) is 3.04. The Morgan fingerprint density at radius 2 is 2.11 bits per heavy atom. The molecule has 2 aliphatic rings. The van der Waals surface area contributed by atoms with Crippen LogP contribution in [0.25, 0.3) is 0 Å². The number of nitrogens with two attached hydrogens (primary N) is 1. The van der Waals surface area contributed by atoms with Crippen molar-refractivity contribution >= 4 is 11.5 Å². The molecule has 19 heavy (non-hydrogen) atoms. The smallest absolute Gasteiger partial charge is 0.186 e. The summed E-state index contributed by atoms with van der Waals surface area (Å²) in [6, 6.07) is 0. The lowest BCUT2D eigenvalue weighted by molar-refractivity contribution is -0.161. The van der Waals surface area contributed by atoms with E-state index in [4.69, 9.17) is 15.2 Å². The predicted octanol–water partition coefficient (Wildman–Crippen LogP) is 1.14. The molecule has 6 nitrogen and oxygen atoms in total. The summed E-state index contributed by atoms with van der Waals surface area (Å²) in [6.45, 7) is 7.94. The summed E-state index contributed by atoms with van der Waals surface area (Å²) in [7, 11) is 0. The Hall–Kier alpha value is -1.27. The van der Waals surface area contributed by atoms with Crippen LogP contribution >= 0.6 is 0 Å². The Kier molecular flexibility index (Phi) is 3.14. The minimum absolute atomic E-state index is 0.429. The van der Waals surface area contributed by atoms with Crippen LogP contribution in [0.5, 0.6) is 0 Å². The van der Waals surface area contributed by atoms with E-state index in [1.807, 2.05) is 11.6 Å². The summed E-state index contributed by atoms with van der Waals surface area (Å²) < 4.78 is 13.6. The van der Waals surface area contributed by atoms with Gasteiger partial charge in [0, 0.05) is 19.5 Å². The number of hydrogen-bond donors (Lipinski definition) is 1. The van der Waals surface area contributed by atoms with E-state index in [0.29, 0.717) is 13.2 Å². The number of rotatable bonds is 2. The summed E-state index contributed by atoms with van der Waals surface area (Å²) in [4.78, 5) is 2.26. The van der Waals surface area contributed by atoms with Gasteiger partial charge in [-0.25, -0.2) is 4.68 Å². The standard InChI is InChI=1S/C13H22N4O2/c1-3-17-12(11(14)10(2)15-17)16-6-4-5-13(9-16)18-7-8-19-13/h3-9,14H2,1-2H3. The van der Waals surface area contributed by atoms with E-state index in [2.05, 4.69) is 16.9 Å². The van der Waals surface area contributed by atoms with Crippen molar-refractivity contribution in [2.75, 3.05) is 36.9 Å². The van der Waals surface area contributed by atoms with Crippen molar-refractivity contribution in [3.63, 3.8) is 0 Å². The van der Waals surface area contributed by atoms with E-state index in [0.717, 1.165) is 49.7 Å². The van der Waals surface area contributed by atoms with Crippen molar-refractivity contribution in [1.82, 2.24) is 9.78 Å². The second-order valence-electron chi connectivity index (χ2n) is 5.27. The van der Waals surface area contributed by atoms with Gasteiger partial charge in [-0.15, -0.1) is 0 Å². The molecular formula is C13H22N4O2. The number of anilines is 2. The molecule has 0 radical (unpaired) electrons. The Morgan fingerprint density at radius 3 is 2.79 bits per heavy atom. The SMILES string of the molecule is CCn1nc(C)c(N)c1N1CCCC2(C1)OCCO2. The Morgan fingerprint density at radius 1 is 1.37 bits per heavy atom. The summed E-state index contributed by atoms with van der Waals surface area (Å²) in [5.41, 5.74) is 7.86. The number of nitrogens with zero attached hydrogens (tertiary/aromatic N) is 3. The van der Waals surface area contributed by atoms with Crippen LogP contribution in [0.4, 0.5) is 11.5 Å². The van der Waals surface area contributed by atoms with Crippen LogP contribution in [-0.4, -0.2) is 41.9 Å². The molecule has 0 saturated carbocycles. The molecule has 0 unspecified atom stereocenters. The summed E-state index contributed by atoms with van der Waals surface area (Å²) >= 11 is 0. The van der Waals surface area contributed by atoms with Gasteiger partial charge in [0.25, 0.3) is 0 Å². The van der Waals surface area contributed by atoms with Crippen molar-refractivity contribution in [2.24, 2.45) is 0 Å². The minimum Gasteiger partial charge on any atom is -0.394 e. The lowest BCUT2D eigenvalue weighted by Crippen LogP contribution is -2.49. The first-order chi connectivity index (χ1) is 9.15. The molecule has 0 amide bonds. The predicted molar refractivity (Wildman–Crippen MR) is 73.1 cm³/mol. The molecule has 3 heterocycles. The molecule has 0 aliphatic carbocycles. The first-order valence-corrected chi connectivity index (χ1v) is 7.01. The highest BCUT2D eigenvalue weighted by atomic mass is 16.7. The van der Waals surface area contributed by atoms with Crippen LogP contribution in [0.2, 0.25) is 0 Å². The first kappa shape index (κ1) is 12.7. The Bertz CT molecular complexity index is 465. The normalized spacial score (nSPS) is 22.3. The zero-order chi connectivity index (χ0) is 13.5.